The van der Waals surface area contributed by atoms with E-state index in [9.17, 15) is 4.79 Å². The van der Waals surface area contributed by atoms with Gasteiger partial charge in [-0.2, -0.15) is 0 Å². The van der Waals surface area contributed by atoms with Gasteiger partial charge in [-0.3, -0.25) is 4.79 Å². The normalized spacial score (nSPS) is 24.4. The Labute approximate surface area is 79.6 Å². The molecule has 0 unspecified atom stereocenters. The van der Waals surface area contributed by atoms with Gasteiger partial charge in [-0.25, -0.2) is 0 Å². The van der Waals surface area contributed by atoms with E-state index in [1.54, 1.807) is 0 Å². The SMILES string of the molecule is CC1=C(N2CCCCC2)C(=O)CC1. The first-order valence-corrected chi connectivity index (χ1v) is 5.27. The molecule has 2 nitrogen and oxygen atoms in total. The first kappa shape index (κ1) is 8.79. The minimum Gasteiger partial charge on any atom is -0.369 e. The van der Waals surface area contributed by atoms with E-state index < -0.39 is 0 Å². The minimum absolute atomic E-state index is 0.374. The van der Waals surface area contributed by atoms with Crippen molar-refractivity contribution in [2.45, 2.75) is 39.0 Å². The smallest absolute Gasteiger partial charge is 0.179 e. The molecule has 1 aliphatic carbocycles. The van der Waals surface area contributed by atoms with Gasteiger partial charge in [0.1, 0.15) is 0 Å². The standard InChI is InChI=1S/C11H17NO/c1-9-5-6-10(13)11(9)12-7-3-2-4-8-12/h2-8H2,1H3. The summed E-state index contributed by atoms with van der Waals surface area (Å²) in [6, 6.07) is 0. The van der Waals surface area contributed by atoms with Gasteiger partial charge in [0.05, 0.1) is 5.70 Å². The van der Waals surface area contributed by atoms with Crippen molar-refractivity contribution < 1.29 is 4.79 Å². The number of carbonyl (C=O) groups excluding carboxylic acids is 1. The zero-order valence-electron chi connectivity index (χ0n) is 8.31. The third kappa shape index (κ3) is 1.62. The van der Waals surface area contributed by atoms with E-state index in [4.69, 9.17) is 0 Å². The molecule has 1 heterocycles. The van der Waals surface area contributed by atoms with Crippen LogP contribution in [0.2, 0.25) is 0 Å². The van der Waals surface area contributed by atoms with Gasteiger partial charge in [0.15, 0.2) is 5.78 Å². The molecular formula is C11H17NO. The Morgan fingerprint density at radius 3 is 2.31 bits per heavy atom. The van der Waals surface area contributed by atoms with E-state index in [1.807, 2.05) is 0 Å². The van der Waals surface area contributed by atoms with Crippen LogP contribution in [0.25, 0.3) is 0 Å². The number of hydrogen-bond acceptors (Lipinski definition) is 2. The van der Waals surface area contributed by atoms with Crippen LogP contribution in [0.15, 0.2) is 11.3 Å². The number of Topliss-reactive ketones (excluding diaryl/α,β-unsaturated/α-hetero) is 1. The maximum atomic E-state index is 11.6. The fraction of sp³-hybridized carbons (Fsp3) is 0.727. The van der Waals surface area contributed by atoms with Crippen molar-refractivity contribution in [2.75, 3.05) is 13.1 Å². The van der Waals surface area contributed by atoms with Crippen LogP contribution in [0.3, 0.4) is 0 Å². The van der Waals surface area contributed by atoms with E-state index in [1.165, 1.54) is 24.8 Å². The summed E-state index contributed by atoms with van der Waals surface area (Å²) in [6.45, 7) is 4.30. The number of nitrogens with zero attached hydrogens (tertiary/aromatic N) is 1. The summed E-state index contributed by atoms with van der Waals surface area (Å²) in [5.41, 5.74) is 2.37. The lowest BCUT2D eigenvalue weighted by molar-refractivity contribution is -0.116. The molecule has 1 fully saturated rings. The average Bonchev–Trinajstić information content (AvgIpc) is 2.48. The molecule has 13 heavy (non-hydrogen) atoms. The largest absolute Gasteiger partial charge is 0.369 e. The highest BCUT2D eigenvalue weighted by Gasteiger charge is 2.25. The van der Waals surface area contributed by atoms with E-state index in [-0.39, 0.29) is 0 Å². The number of rotatable bonds is 1. The molecule has 2 heteroatoms. The molecular weight excluding hydrogens is 162 g/mol. The van der Waals surface area contributed by atoms with E-state index in [0.717, 1.165) is 31.6 Å². The van der Waals surface area contributed by atoms with Crippen LogP contribution in [-0.2, 0) is 4.79 Å². The van der Waals surface area contributed by atoms with Crippen molar-refractivity contribution >= 4 is 5.78 Å². The minimum atomic E-state index is 0.374. The molecule has 0 atom stereocenters. The molecule has 0 N–H and O–H groups in total. The lowest BCUT2D eigenvalue weighted by atomic mass is 10.1. The molecule has 0 radical (unpaired) electrons. The molecule has 0 aromatic heterocycles. The van der Waals surface area contributed by atoms with Crippen molar-refractivity contribution in [3.63, 3.8) is 0 Å². The third-order valence-electron chi connectivity index (χ3n) is 3.07. The van der Waals surface area contributed by atoms with Crippen molar-refractivity contribution in [1.82, 2.24) is 4.90 Å². The second-order valence-electron chi connectivity index (χ2n) is 4.10. The van der Waals surface area contributed by atoms with Crippen LogP contribution in [0.1, 0.15) is 39.0 Å². The Morgan fingerprint density at radius 1 is 1.08 bits per heavy atom. The topological polar surface area (TPSA) is 20.3 Å². The predicted molar refractivity (Wildman–Crippen MR) is 52.4 cm³/mol. The molecule has 0 spiro atoms. The van der Waals surface area contributed by atoms with E-state index in [0.29, 0.717) is 5.78 Å². The molecule has 1 aliphatic heterocycles. The second kappa shape index (κ2) is 3.52. The Morgan fingerprint density at radius 2 is 1.77 bits per heavy atom. The maximum Gasteiger partial charge on any atom is 0.179 e. The van der Waals surface area contributed by atoms with Gasteiger partial charge in [-0.1, -0.05) is 0 Å². The summed E-state index contributed by atoms with van der Waals surface area (Å²) in [4.78, 5) is 13.9. The van der Waals surface area contributed by atoms with Gasteiger partial charge in [0, 0.05) is 19.5 Å². The summed E-state index contributed by atoms with van der Waals surface area (Å²) in [6.07, 6.45) is 5.58. The van der Waals surface area contributed by atoms with Gasteiger partial charge >= 0.3 is 0 Å². The summed E-state index contributed by atoms with van der Waals surface area (Å²) < 4.78 is 0. The summed E-state index contributed by atoms with van der Waals surface area (Å²) in [7, 11) is 0. The molecule has 2 rings (SSSR count). The van der Waals surface area contributed by atoms with Crippen LogP contribution >= 0.6 is 0 Å². The summed E-state index contributed by atoms with van der Waals surface area (Å²) in [5, 5.41) is 0. The number of carbonyl (C=O) groups is 1. The second-order valence-corrected chi connectivity index (χ2v) is 4.10. The summed E-state index contributed by atoms with van der Waals surface area (Å²) >= 11 is 0. The Balaban J connectivity index is 2.13. The van der Waals surface area contributed by atoms with Gasteiger partial charge in [0.2, 0.25) is 0 Å². The molecule has 0 aromatic carbocycles. The molecule has 0 saturated carbocycles. The number of piperidine rings is 1. The molecule has 72 valence electrons. The highest BCUT2D eigenvalue weighted by Crippen LogP contribution is 2.27. The van der Waals surface area contributed by atoms with Gasteiger partial charge in [-0.15, -0.1) is 0 Å². The lowest BCUT2D eigenvalue weighted by Gasteiger charge is -2.29. The van der Waals surface area contributed by atoms with Crippen molar-refractivity contribution in [3.8, 4) is 0 Å². The fourth-order valence-corrected chi connectivity index (χ4v) is 2.34. The molecule has 0 bridgehead atoms. The fourth-order valence-electron chi connectivity index (χ4n) is 2.34. The van der Waals surface area contributed by atoms with E-state index in [2.05, 4.69) is 11.8 Å². The Bertz CT molecular complexity index is 249. The quantitative estimate of drug-likeness (QED) is 0.614. The number of allylic oxidation sites excluding steroid dienone is 2. The average molecular weight is 179 g/mol. The molecule has 0 amide bonds. The van der Waals surface area contributed by atoms with Crippen molar-refractivity contribution in [2.24, 2.45) is 0 Å². The highest BCUT2D eigenvalue weighted by molar-refractivity contribution is 5.98. The first-order chi connectivity index (χ1) is 6.29. The summed E-state index contributed by atoms with van der Waals surface area (Å²) in [5.74, 6) is 0.374. The molecule has 1 saturated heterocycles. The van der Waals surface area contributed by atoms with Gasteiger partial charge in [0.25, 0.3) is 0 Å². The van der Waals surface area contributed by atoms with Crippen molar-refractivity contribution in [1.29, 1.82) is 0 Å². The van der Waals surface area contributed by atoms with Crippen LogP contribution < -0.4 is 0 Å². The third-order valence-corrected chi connectivity index (χ3v) is 3.07. The maximum absolute atomic E-state index is 11.6. The van der Waals surface area contributed by atoms with Crippen LogP contribution in [-0.4, -0.2) is 23.8 Å². The zero-order chi connectivity index (χ0) is 9.26. The molecule has 0 aromatic rings. The predicted octanol–water partition coefficient (Wildman–Crippen LogP) is 2.11. The lowest BCUT2D eigenvalue weighted by Crippen LogP contribution is -2.31. The number of hydrogen-bond donors (Lipinski definition) is 0. The Hall–Kier alpha value is -0.790. The van der Waals surface area contributed by atoms with Crippen LogP contribution in [0.4, 0.5) is 0 Å². The molecule has 2 aliphatic rings. The monoisotopic (exact) mass is 179 g/mol. The van der Waals surface area contributed by atoms with Crippen molar-refractivity contribution in [3.05, 3.63) is 11.3 Å². The van der Waals surface area contributed by atoms with Crippen LogP contribution in [0, 0.1) is 0 Å². The number of ketones is 1. The van der Waals surface area contributed by atoms with E-state index >= 15 is 0 Å². The highest BCUT2D eigenvalue weighted by atomic mass is 16.1. The number of likely N-dealkylation sites (tertiary alicyclic amines) is 1. The van der Waals surface area contributed by atoms with Gasteiger partial charge < -0.3 is 4.90 Å². The zero-order valence-corrected chi connectivity index (χ0v) is 8.31. The van der Waals surface area contributed by atoms with Gasteiger partial charge in [-0.05, 0) is 38.2 Å². The van der Waals surface area contributed by atoms with Crippen LogP contribution in [0.5, 0.6) is 0 Å². The first-order valence-electron chi connectivity index (χ1n) is 5.27. The Kier molecular flexibility index (Phi) is 2.38.